The molecule has 8 heteroatoms. The van der Waals surface area contributed by atoms with Gasteiger partial charge in [0.1, 0.15) is 11.9 Å². The smallest absolute Gasteiger partial charge is 0.235 e. The molecule has 30 heavy (non-hydrogen) atoms. The standard InChI is InChI=1S/C22H25N5OS2/c1-14-17(12-23)21(25-19(14)11-16-7-5-4-6-8-16)27-20(28)13-30-22-24-15(2)18(26-22)9-10-29-3/h4-8,25H,9-11,13H2,1-3H3,(H,24,26)(H,27,28). The van der Waals surface area contributed by atoms with Crippen LogP contribution in [0.1, 0.15) is 33.8 Å². The maximum Gasteiger partial charge on any atom is 0.235 e. The molecule has 0 aliphatic heterocycles. The third-order valence-corrected chi connectivity index (χ3v) is 6.29. The maximum atomic E-state index is 12.5. The molecule has 2 aromatic heterocycles. The lowest BCUT2D eigenvalue weighted by atomic mass is 10.1. The summed E-state index contributed by atoms with van der Waals surface area (Å²) in [6, 6.07) is 12.2. The van der Waals surface area contributed by atoms with E-state index in [1.807, 2.05) is 44.2 Å². The summed E-state index contributed by atoms with van der Waals surface area (Å²) in [6.45, 7) is 3.90. The van der Waals surface area contributed by atoms with Crippen LogP contribution in [0.2, 0.25) is 0 Å². The van der Waals surface area contributed by atoms with Gasteiger partial charge in [-0.1, -0.05) is 42.1 Å². The van der Waals surface area contributed by atoms with Crippen molar-refractivity contribution in [1.29, 1.82) is 5.26 Å². The molecule has 0 aliphatic carbocycles. The van der Waals surface area contributed by atoms with Gasteiger partial charge in [0.2, 0.25) is 5.91 Å². The first kappa shape index (κ1) is 22.1. The van der Waals surface area contributed by atoms with Crippen LogP contribution in [0.4, 0.5) is 5.82 Å². The zero-order chi connectivity index (χ0) is 21.5. The monoisotopic (exact) mass is 439 g/mol. The Morgan fingerprint density at radius 1 is 1.23 bits per heavy atom. The Kier molecular flexibility index (Phi) is 7.66. The number of imidazole rings is 1. The largest absolute Gasteiger partial charge is 0.344 e. The van der Waals surface area contributed by atoms with Crippen molar-refractivity contribution in [3.63, 3.8) is 0 Å². The number of rotatable bonds is 9. The molecule has 3 rings (SSSR count). The van der Waals surface area contributed by atoms with Crippen LogP contribution in [-0.2, 0) is 17.6 Å². The summed E-state index contributed by atoms with van der Waals surface area (Å²) in [4.78, 5) is 23.5. The minimum Gasteiger partial charge on any atom is -0.344 e. The van der Waals surface area contributed by atoms with Gasteiger partial charge in [0.05, 0.1) is 17.0 Å². The molecule has 0 bridgehead atoms. The topological polar surface area (TPSA) is 97.4 Å². The fourth-order valence-corrected chi connectivity index (χ4v) is 4.28. The Morgan fingerprint density at radius 2 is 2.00 bits per heavy atom. The molecule has 1 aromatic carbocycles. The predicted octanol–water partition coefficient (Wildman–Crippen LogP) is 4.45. The third-order valence-electron chi connectivity index (χ3n) is 4.80. The van der Waals surface area contributed by atoms with E-state index >= 15 is 0 Å². The number of nitrogens with zero attached hydrogens (tertiary/aromatic N) is 2. The van der Waals surface area contributed by atoms with E-state index in [1.165, 1.54) is 11.8 Å². The molecule has 156 valence electrons. The van der Waals surface area contributed by atoms with Crippen molar-refractivity contribution in [2.75, 3.05) is 23.1 Å². The second-order valence-electron chi connectivity index (χ2n) is 6.95. The minimum atomic E-state index is -0.177. The number of aryl methyl sites for hydroxylation is 2. The van der Waals surface area contributed by atoms with Crippen LogP contribution in [-0.4, -0.2) is 38.6 Å². The molecule has 3 N–H and O–H groups in total. The van der Waals surface area contributed by atoms with E-state index < -0.39 is 0 Å². The Morgan fingerprint density at radius 3 is 2.70 bits per heavy atom. The van der Waals surface area contributed by atoms with Crippen molar-refractivity contribution in [2.45, 2.75) is 31.8 Å². The summed E-state index contributed by atoms with van der Waals surface area (Å²) in [7, 11) is 0. The van der Waals surface area contributed by atoms with Crippen molar-refractivity contribution >= 4 is 35.2 Å². The van der Waals surface area contributed by atoms with Crippen LogP contribution in [0.3, 0.4) is 0 Å². The van der Waals surface area contributed by atoms with Gasteiger partial charge in [0.15, 0.2) is 5.16 Å². The lowest BCUT2D eigenvalue weighted by Gasteiger charge is -2.03. The fourth-order valence-electron chi connectivity index (χ4n) is 3.14. The number of nitriles is 1. The second kappa shape index (κ2) is 10.4. The molecule has 0 radical (unpaired) electrons. The average molecular weight is 440 g/mol. The van der Waals surface area contributed by atoms with Crippen LogP contribution in [0.5, 0.6) is 0 Å². The van der Waals surface area contributed by atoms with Gasteiger partial charge in [-0.25, -0.2) is 4.98 Å². The molecule has 0 saturated heterocycles. The average Bonchev–Trinajstić information content (AvgIpc) is 3.24. The van der Waals surface area contributed by atoms with E-state index in [0.29, 0.717) is 17.8 Å². The number of hydrogen-bond acceptors (Lipinski definition) is 5. The van der Waals surface area contributed by atoms with E-state index in [2.05, 4.69) is 32.6 Å². The van der Waals surface area contributed by atoms with Gasteiger partial charge in [-0.05, 0) is 37.0 Å². The Balaban J connectivity index is 1.63. The number of nitrogens with one attached hydrogen (secondary N) is 3. The zero-order valence-corrected chi connectivity index (χ0v) is 19.0. The fraction of sp³-hybridized carbons (Fsp3) is 0.318. The van der Waals surface area contributed by atoms with Gasteiger partial charge in [0.25, 0.3) is 0 Å². The van der Waals surface area contributed by atoms with Gasteiger partial charge < -0.3 is 15.3 Å². The first-order chi connectivity index (χ1) is 14.5. The Labute approximate surface area is 185 Å². The summed E-state index contributed by atoms with van der Waals surface area (Å²) in [6.07, 6.45) is 3.66. The van der Waals surface area contributed by atoms with E-state index in [-0.39, 0.29) is 11.7 Å². The molecule has 0 saturated carbocycles. The molecule has 0 atom stereocenters. The number of thioether (sulfide) groups is 2. The van der Waals surface area contributed by atoms with Crippen molar-refractivity contribution in [3.8, 4) is 6.07 Å². The molecule has 0 spiro atoms. The van der Waals surface area contributed by atoms with E-state index in [1.54, 1.807) is 11.8 Å². The van der Waals surface area contributed by atoms with Crippen molar-refractivity contribution in [3.05, 3.63) is 64.1 Å². The molecular weight excluding hydrogens is 414 g/mol. The molecule has 3 aromatic rings. The number of anilines is 1. The van der Waals surface area contributed by atoms with E-state index in [9.17, 15) is 10.1 Å². The maximum absolute atomic E-state index is 12.5. The molecule has 0 unspecified atom stereocenters. The molecule has 0 fully saturated rings. The number of hydrogen-bond donors (Lipinski definition) is 3. The molecule has 0 aliphatic rings. The normalized spacial score (nSPS) is 10.7. The number of carbonyl (C=O) groups excluding carboxylic acids is 1. The Hall–Kier alpha value is -2.63. The predicted molar refractivity (Wildman–Crippen MR) is 124 cm³/mol. The van der Waals surface area contributed by atoms with Crippen LogP contribution in [0, 0.1) is 25.2 Å². The van der Waals surface area contributed by atoms with Crippen LogP contribution in [0.15, 0.2) is 35.5 Å². The highest BCUT2D eigenvalue weighted by Gasteiger charge is 2.17. The third kappa shape index (κ3) is 5.49. The van der Waals surface area contributed by atoms with Gasteiger partial charge >= 0.3 is 0 Å². The van der Waals surface area contributed by atoms with Gasteiger partial charge in [-0.15, -0.1) is 0 Å². The number of carbonyl (C=O) groups is 1. The Bertz CT molecular complexity index is 1050. The summed E-state index contributed by atoms with van der Waals surface area (Å²) in [5.74, 6) is 1.52. The molecular formula is C22H25N5OS2. The first-order valence-corrected chi connectivity index (χ1v) is 12.0. The van der Waals surface area contributed by atoms with Crippen LogP contribution in [0.25, 0.3) is 0 Å². The van der Waals surface area contributed by atoms with Crippen molar-refractivity contribution in [1.82, 2.24) is 15.0 Å². The lowest BCUT2D eigenvalue weighted by molar-refractivity contribution is -0.113. The SMILES string of the molecule is CSCCc1nc(SCC(=O)Nc2[nH]c(Cc3ccccc3)c(C)c2C#N)[nH]c1C. The van der Waals surface area contributed by atoms with Gasteiger partial charge in [-0.2, -0.15) is 17.0 Å². The van der Waals surface area contributed by atoms with E-state index in [4.69, 9.17) is 0 Å². The van der Waals surface area contributed by atoms with Crippen LogP contribution < -0.4 is 5.32 Å². The van der Waals surface area contributed by atoms with Crippen LogP contribution >= 0.6 is 23.5 Å². The highest BCUT2D eigenvalue weighted by molar-refractivity contribution is 7.99. The summed E-state index contributed by atoms with van der Waals surface area (Å²) < 4.78 is 0. The molecule has 6 nitrogen and oxygen atoms in total. The number of aromatic nitrogens is 3. The van der Waals surface area contributed by atoms with Crippen molar-refractivity contribution in [2.24, 2.45) is 0 Å². The molecule has 1 amide bonds. The van der Waals surface area contributed by atoms with E-state index in [0.717, 1.165) is 45.5 Å². The lowest BCUT2D eigenvalue weighted by Crippen LogP contribution is -2.15. The minimum absolute atomic E-state index is 0.177. The number of aromatic amines is 2. The molecule has 2 heterocycles. The van der Waals surface area contributed by atoms with Crippen molar-refractivity contribution < 1.29 is 4.79 Å². The zero-order valence-electron chi connectivity index (χ0n) is 17.3. The van der Waals surface area contributed by atoms with Gasteiger partial charge in [0, 0.05) is 24.2 Å². The number of amides is 1. The van der Waals surface area contributed by atoms with Gasteiger partial charge in [-0.3, -0.25) is 4.79 Å². The summed E-state index contributed by atoms with van der Waals surface area (Å²) >= 11 is 3.15. The second-order valence-corrected chi connectivity index (χ2v) is 8.90. The summed E-state index contributed by atoms with van der Waals surface area (Å²) in [5, 5.41) is 13.2. The highest BCUT2D eigenvalue weighted by Crippen LogP contribution is 2.25. The highest BCUT2D eigenvalue weighted by atomic mass is 32.2. The summed E-state index contributed by atoms with van der Waals surface area (Å²) in [5.41, 5.74) is 5.51. The quantitative estimate of drug-likeness (QED) is 0.428. The number of H-pyrrole nitrogens is 2. The number of benzene rings is 1. The first-order valence-electron chi connectivity index (χ1n) is 9.64.